The molecule has 0 bridgehead atoms. The van der Waals surface area contributed by atoms with Gasteiger partial charge in [-0.15, -0.1) is 0 Å². The van der Waals surface area contributed by atoms with Gasteiger partial charge in [0.15, 0.2) is 17.2 Å². The third-order valence-corrected chi connectivity index (χ3v) is 6.03. The monoisotopic (exact) mass is 519 g/mol. The van der Waals surface area contributed by atoms with E-state index in [1.807, 2.05) is 34.9 Å². The van der Waals surface area contributed by atoms with Crippen molar-refractivity contribution in [2.24, 2.45) is 0 Å². The number of aromatic nitrogens is 2. The minimum Gasteiger partial charge on any atom is -0.504 e. The molecule has 4 N–H and O–H groups in total. The van der Waals surface area contributed by atoms with E-state index in [0.717, 1.165) is 28.4 Å². The topological polar surface area (TPSA) is 108 Å². The lowest BCUT2D eigenvalue weighted by Crippen LogP contribution is -2.20. The summed E-state index contributed by atoms with van der Waals surface area (Å²) in [6.45, 7) is 0.102. The van der Waals surface area contributed by atoms with Crippen molar-refractivity contribution < 1.29 is 33.3 Å². The minimum absolute atomic E-state index is 0.102. The average Bonchev–Trinajstić information content (AvgIpc) is 3.22. The average molecular weight is 519 g/mol. The van der Waals surface area contributed by atoms with Crippen LogP contribution in [-0.2, 0) is 17.5 Å². The lowest BCUT2D eigenvalue weighted by atomic mass is 10.1. The van der Waals surface area contributed by atoms with Crippen LogP contribution in [0.1, 0.15) is 16.8 Å². The molecule has 7 nitrogen and oxygen atoms in total. The van der Waals surface area contributed by atoms with Crippen molar-refractivity contribution >= 4 is 33.8 Å². The first-order valence-corrected chi connectivity index (χ1v) is 11.4. The van der Waals surface area contributed by atoms with Crippen molar-refractivity contribution in [3.63, 3.8) is 0 Å². The molecule has 192 valence electrons. The molecule has 0 saturated carbocycles. The zero-order valence-electron chi connectivity index (χ0n) is 19.6. The predicted molar refractivity (Wildman–Crippen MR) is 136 cm³/mol. The fourth-order valence-corrected chi connectivity index (χ4v) is 4.22. The third-order valence-electron chi connectivity index (χ3n) is 6.03. The van der Waals surface area contributed by atoms with Crippen LogP contribution in [0.25, 0.3) is 33.6 Å². The van der Waals surface area contributed by atoms with Crippen LogP contribution in [-0.4, -0.2) is 30.8 Å². The van der Waals surface area contributed by atoms with Gasteiger partial charge in [-0.25, -0.2) is 0 Å². The summed E-state index contributed by atoms with van der Waals surface area (Å²) in [6.07, 6.45) is -0.238. The summed E-state index contributed by atoms with van der Waals surface area (Å²) in [6, 6.07) is 16.6. The molecule has 0 spiro atoms. The molecule has 38 heavy (non-hydrogen) atoms. The molecule has 0 aliphatic carbocycles. The first kappa shape index (κ1) is 24.7. The highest BCUT2D eigenvalue weighted by Gasteiger charge is 2.30. The first-order valence-electron chi connectivity index (χ1n) is 11.4. The van der Waals surface area contributed by atoms with Gasteiger partial charge in [-0.2, -0.15) is 13.2 Å². The first-order chi connectivity index (χ1) is 18.1. The lowest BCUT2D eigenvalue weighted by molar-refractivity contribution is -0.137. The summed E-state index contributed by atoms with van der Waals surface area (Å²) in [5, 5.41) is 33.0. The molecule has 5 aromatic rings. The number of para-hydroxylation sites is 1. The van der Waals surface area contributed by atoms with Crippen LogP contribution in [0.2, 0.25) is 0 Å². The van der Waals surface area contributed by atoms with E-state index in [-0.39, 0.29) is 6.54 Å². The zero-order chi connectivity index (χ0) is 27.0. The number of phenolic OH excluding ortho intramolecular Hbond substituents is 3. The van der Waals surface area contributed by atoms with Crippen molar-refractivity contribution in [2.45, 2.75) is 12.7 Å². The van der Waals surface area contributed by atoms with Crippen LogP contribution in [0.4, 0.5) is 13.2 Å². The number of carbonyl (C=O) groups is 1. The molecule has 0 aliphatic heterocycles. The number of aromatic hydroxyl groups is 3. The Bertz CT molecular complexity index is 1680. The molecule has 2 heterocycles. The number of alkyl halides is 3. The number of hydrogen-bond acceptors (Lipinski definition) is 5. The number of rotatable bonds is 5. The van der Waals surface area contributed by atoms with Gasteiger partial charge in [0.2, 0.25) is 5.91 Å². The number of hydrogen-bond donors (Lipinski definition) is 4. The molecule has 1 amide bonds. The van der Waals surface area contributed by atoms with Gasteiger partial charge in [0, 0.05) is 22.5 Å². The van der Waals surface area contributed by atoms with E-state index in [1.165, 1.54) is 36.4 Å². The number of nitrogens with one attached hydrogen (secondary N) is 1. The number of carbonyl (C=O) groups excluding carboxylic acids is 1. The van der Waals surface area contributed by atoms with Crippen molar-refractivity contribution in [3.05, 3.63) is 95.8 Å². The van der Waals surface area contributed by atoms with Crippen LogP contribution >= 0.6 is 0 Å². The van der Waals surface area contributed by atoms with Gasteiger partial charge in [0.05, 0.1) is 35.0 Å². The maximum atomic E-state index is 13.0. The number of pyridine rings is 1. The number of amides is 1. The second kappa shape index (κ2) is 9.47. The normalized spacial score (nSPS) is 12.0. The van der Waals surface area contributed by atoms with E-state index in [0.29, 0.717) is 22.5 Å². The summed E-state index contributed by atoms with van der Waals surface area (Å²) < 4.78 is 41.0. The smallest absolute Gasteiger partial charge is 0.416 e. The van der Waals surface area contributed by atoms with Crippen molar-refractivity contribution in [3.8, 4) is 22.9 Å². The van der Waals surface area contributed by atoms with Gasteiger partial charge in [-0.3, -0.25) is 9.78 Å². The Morgan fingerprint density at radius 1 is 0.921 bits per heavy atom. The van der Waals surface area contributed by atoms with Crippen LogP contribution in [0.3, 0.4) is 0 Å². The van der Waals surface area contributed by atoms with Crippen LogP contribution in [0.5, 0.6) is 17.2 Å². The summed E-state index contributed by atoms with van der Waals surface area (Å²) in [4.78, 5) is 16.7. The van der Waals surface area contributed by atoms with Gasteiger partial charge < -0.3 is 25.2 Å². The number of halogens is 3. The SMILES string of the molecule is O=C(/C=C/c1cc(O)c(O)c(O)c1)NCc1cc2c3ccccc3n(-c3ccc(C(F)(F)F)cc3)c2cn1. The molecule has 0 saturated heterocycles. The Balaban J connectivity index is 1.40. The number of benzene rings is 3. The van der Waals surface area contributed by atoms with Crippen LogP contribution in [0.15, 0.2) is 79.0 Å². The molecular formula is C28H20F3N3O4. The van der Waals surface area contributed by atoms with E-state index in [4.69, 9.17) is 0 Å². The minimum atomic E-state index is -4.43. The van der Waals surface area contributed by atoms with Gasteiger partial charge >= 0.3 is 6.18 Å². The summed E-state index contributed by atoms with van der Waals surface area (Å²) in [5.74, 6) is -2.13. The highest BCUT2D eigenvalue weighted by Crippen LogP contribution is 2.36. The summed E-state index contributed by atoms with van der Waals surface area (Å²) in [7, 11) is 0. The predicted octanol–water partition coefficient (Wildman–Crippen LogP) is 5.64. The van der Waals surface area contributed by atoms with Gasteiger partial charge in [0.1, 0.15) is 0 Å². The van der Waals surface area contributed by atoms with E-state index >= 15 is 0 Å². The van der Waals surface area contributed by atoms with Gasteiger partial charge in [-0.05, 0) is 60.2 Å². The molecule has 2 aromatic heterocycles. The molecule has 0 fully saturated rings. The van der Waals surface area contributed by atoms with Gasteiger partial charge in [0.25, 0.3) is 0 Å². The quantitative estimate of drug-likeness (QED) is 0.178. The van der Waals surface area contributed by atoms with Crippen molar-refractivity contribution in [2.75, 3.05) is 0 Å². The number of fused-ring (bicyclic) bond motifs is 3. The Morgan fingerprint density at radius 2 is 1.61 bits per heavy atom. The molecule has 10 heteroatoms. The van der Waals surface area contributed by atoms with Crippen molar-refractivity contribution in [1.29, 1.82) is 0 Å². The molecule has 0 aliphatic rings. The molecule has 5 rings (SSSR count). The maximum Gasteiger partial charge on any atom is 0.416 e. The van der Waals surface area contributed by atoms with Crippen LogP contribution < -0.4 is 5.32 Å². The Labute approximate surface area is 213 Å². The number of phenols is 3. The van der Waals surface area contributed by atoms with E-state index in [9.17, 15) is 33.3 Å². The molecule has 0 radical (unpaired) electrons. The Kier molecular flexibility index (Phi) is 6.15. The molecule has 3 aromatic carbocycles. The second-order valence-electron chi connectivity index (χ2n) is 8.55. The standard InChI is InChI=1S/C28H20F3N3O4/c29-28(30,31)17-6-8-19(9-7-17)34-22-4-2-1-3-20(22)21-13-18(32-15-23(21)34)14-33-26(37)10-5-16-11-24(35)27(38)25(36)12-16/h1-13,15,35-36,38H,14H2,(H,33,37)/b10-5+. The molecule has 0 unspecified atom stereocenters. The summed E-state index contributed by atoms with van der Waals surface area (Å²) >= 11 is 0. The lowest BCUT2D eigenvalue weighted by Gasteiger charge is -2.10. The van der Waals surface area contributed by atoms with Gasteiger partial charge in [-0.1, -0.05) is 18.2 Å². The highest BCUT2D eigenvalue weighted by atomic mass is 19.4. The van der Waals surface area contributed by atoms with E-state index < -0.39 is 34.9 Å². The number of nitrogens with zero attached hydrogens (tertiary/aromatic N) is 2. The highest BCUT2D eigenvalue weighted by molar-refractivity contribution is 6.09. The Morgan fingerprint density at radius 3 is 2.29 bits per heavy atom. The zero-order valence-corrected chi connectivity index (χ0v) is 19.6. The largest absolute Gasteiger partial charge is 0.504 e. The molecule has 0 atom stereocenters. The van der Waals surface area contributed by atoms with Crippen LogP contribution in [0, 0.1) is 0 Å². The van der Waals surface area contributed by atoms with Crippen molar-refractivity contribution in [1.82, 2.24) is 14.9 Å². The molecular weight excluding hydrogens is 499 g/mol. The second-order valence-corrected chi connectivity index (χ2v) is 8.55. The fraction of sp³-hybridized carbons (Fsp3) is 0.0714. The maximum absolute atomic E-state index is 13.0. The van der Waals surface area contributed by atoms with E-state index in [2.05, 4.69) is 10.3 Å². The van der Waals surface area contributed by atoms with E-state index in [1.54, 1.807) is 6.20 Å². The Hall–Kier alpha value is -4.99. The fourth-order valence-electron chi connectivity index (χ4n) is 4.22. The third kappa shape index (κ3) is 4.71. The summed E-state index contributed by atoms with van der Waals surface area (Å²) in [5.41, 5.74) is 2.20.